The van der Waals surface area contributed by atoms with Crippen LogP contribution in [0.15, 0.2) is 30.3 Å². The van der Waals surface area contributed by atoms with Crippen LogP contribution in [0.25, 0.3) is 0 Å². The Kier molecular flexibility index (Phi) is 16.0. The Hall–Kier alpha value is -1.33. The molecular formula is C19H35NO7S2. The van der Waals surface area contributed by atoms with Crippen molar-refractivity contribution in [1.29, 1.82) is 0 Å². The van der Waals surface area contributed by atoms with Gasteiger partial charge in [-0.1, -0.05) is 63.4 Å². The van der Waals surface area contributed by atoms with Gasteiger partial charge in [-0.05, 0) is 24.3 Å². The summed E-state index contributed by atoms with van der Waals surface area (Å²) in [7, 11) is -7.33. The molecule has 0 radical (unpaired) electrons. The topological polar surface area (TPSA) is 152 Å². The average Bonchev–Trinajstić information content (AvgIpc) is 2.52. The number of Topliss-reactive ketones (excluding diaryl/α,β-unsaturated/α-hetero) is 1. The molecule has 0 saturated carbocycles. The fraction of sp³-hybridized carbons (Fsp3) is 0.632. The highest BCUT2D eigenvalue weighted by Gasteiger charge is 2.16. The Morgan fingerprint density at radius 2 is 1.45 bits per heavy atom. The summed E-state index contributed by atoms with van der Waals surface area (Å²) in [5, 5.41) is 0. The van der Waals surface area contributed by atoms with Crippen LogP contribution < -0.4 is 5.73 Å². The van der Waals surface area contributed by atoms with Crippen LogP contribution in [0.1, 0.15) is 51.5 Å². The van der Waals surface area contributed by atoms with E-state index in [1.807, 2.05) is 18.2 Å². The minimum absolute atomic E-state index is 0.222. The first-order valence-corrected chi connectivity index (χ1v) is 13.0. The highest BCUT2D eigenvalue weighted by atomic mass is 32.2. The summed E-state index contributed by atoms with van der Waals surface area (Å²) in [4.78, 5) is 12.0. The van der Waals surface area contributed by atoms with Crippen molar-refractivity contribution >= 4 is 26.0 Å². The van der Waals surface area contributed by atoms with E-state index in [0.29, 0.717) is 24.9 Å². The van der Waals surface area contributed by atoms with Gasteiger partial charge in [-0.25, -0.2) is 0 Å². The molecule has 0 heterocycles. The fourth-order valence-electron chi connectivity index (χ4n) is 2.36. The maximum atomic E-state index is 12.0. The highest BCUT2D eigenvalue weighted by molar-refractivity contribution is 7.85. The standard InChI is InChI=1S/C17H27NO.2CH4O3S/c1-3-4-6-11-16(18)17(19)13-14(2)12-15-9-7-5-8-10-15;2*1-5(2,3)4/h5,7-10,14,16H,3-4,6,11-13,18H2,1-2H3;2*1H3,(H,2,3,4)/t14-,16?;;/m0../s1. The predicted molar refractivity (Wildman–Crippen MR) is 116 cm³/mol. The molecule has 4 N–H and O–H groups in total. The van der Waals surface area contributed by atoms with Gasteiger partial charge in [0.25, 0.3) is 20.2 Å². The van der Waals surface area contributed by atoms with E-state index in [4.69, 9.17) is 14.8 Å². The average molecular weight is 454 g/mol. The largest absolute Gasteiger partial charge is 0.322 e. The van der Waals surface area contributed by atoms with Crippen molar-refractivity contribution in [1.82, 2.24) is 0 Å². The minimum Gasteiger partial charge on any atom is -0.322 e. The molecule has 0 aliphatic heterocycles. The zero-order chi connectivity index (χ0) is 23.1. The first kappa shape index (κ1) is 29.9. The fourth-order valence-corrected chi connectivity index (χ4v) is 2.36. The van der Waals surface area contributed by atoms with Gasteiger partial charge in [0.15, 0.2) is 0 Å². The maximum absolute atomic E-state index is 12.0. The van der Waals surface area contributed by atoms with Gasteiger partial charge in [0.1, 0.15) is 5.78 Å². The smallest absolute Gasteiger partial charge is 0.261 e. The van der Waals surface area contributed by atoms with Crippen LogP contribution in [0.2, 0.25) is 0 Å². The van der Waals surface area contributed by atoms with Crippen molar-refractivity contribution in [2.45, 2.75) is 58.4 Å². The summed E-state index contributed by atoms with van der Waals surface area (Å²) in [5.41, 5.74) is 7.24. The molecule has 0 aromatic heterocycles. The SMILES string of the molecule is CCCCCC(N)C(=O)C[C@@H](C)Cc1ccccc1.CS(=O)(=O)O.CS(=O)(=O)O. The molecule has 1 unspecified atom stereocenters. The molecule has 10 heteroatoms. The third kappa shape index (κ3) is 29.0. The van der Waals surface area contributed by atoms with Crippen molar-refractivity contribution < 1.29 is 30.7 Å². The molecule has 0 saturated heterocycles. The summed E-state index contributed by atoms with van der Waals surface area (Å²) in [6.07, 6.45) is 7.23. The van der Waals surface area contributed by atoms with Gasteiger partial charge in [-0.3, -0.25) is 13.9 Å². The summed E-state index contributed by atoms with van der Waals surface area (Å²) >= 11 is 0. The summed E-state index contributed by atoms with van der Waals surface area (Å²) < 4.78 is 51.7. The van der Waals surface area contributed by atoms with Crippen molar-refractivity contribution in [3.05, 3.63) is 35.9 Å². The molecule has 2 atom stereocenters. The Bertz CT molecular complexity index is 717. The molecule has 0 aliphatic carbocycles. The van der Waals surface area contributed by atoms with E-state index in [1.54, 1.807) is 0 Å². The van der Waals surface area contributed by atoms with Gasteiger partial charge in [0, 0.05) is 6.42 Å². The molecule has 1 aromatic rings. The summed E-state index contributed by atoms with van der Waals surface area (Å²) in [5.74, 6) is 0.589. The highest BCUT2D eigenvalue weighted by Crippen LogP contribution is 2.14. The van der Waals surface area contributed by atoms with E-state index >= 15 is 0 Å². The Morgan fingerprint density at radius 3 is 1.86 bits per heavy atom. The van der Waals surface area contributed by atoms with Crippen LogP contribution in [0.3, 0.4) is 0 Å². The van der Waals surface area contributed by atoms with Crippen molar-refractivity contribution in [2.24, 2.45) is 11.7 Å². The van der Waals surface area contributed by atoms with E-state index < -0.39 is 20.2 Å². The molecular weight excluding hydrogens is 418 g/mol. The first-order valence-electron chi connectivity index (χ1n) is 9.30. The van der Waals surface area contributed by atoms with Gasteiger partial charge in [-0.2, -0.15) is 16.8 Å². The quantitative estimate of drug-likeness (QED) is 0.381. The van der Waals surface area contributed by atoms with Crippen molar-refractivity contribution in [3.8, 4) is 0 Å². The van der Waals surface area contributed by atoms with Crippen LogP contribution in [-0.4, -0.2) is 50.3 Å². The van der Waals surface area contributed by atoms with Crippen LogP contribution >= 0.6 is 0 Å². The Morgan fingerprint density at radius 1 is 1.00 bits per heavy atom. The number of unbranched alkanes of at least 4 members (excludes halogenated alkanes) is 2. The number of hydrogen-bond donors (Lipinski definition) is 3. The second kappa shape index (κ2) is 15.5. The molecule has 1 aromatic carbocycles. The van der Waals surface area contributed by atoms with Gasteiger partial charge in [-0.15, -0.1) is 0 Å². The van der Waals surface area contributed by atoms with Gasteiger partial charge >= 0.3 is 0 Å². The van der Waals surface area contributed by atoms with E-state index in [1.165, 1.54) is 18.4 Å². The number of carbonyl (C=O) groups excluding carboxylic acids is 1. The van der Waals surface area contributed by atoms with E-state index in [9.17, 15) is 21.6 Å². The number of ketones is 1. The summed E-state index contributed by atoms with van der Waals surface area (Å²) in [6, 6.07) is 10.1. The Labute approximate surface area is 175 Å². The zero-order valence-corrected chi connectivity index (χ0v) is 19.2. The molecule has 29 heavy (non-hydrogen) atoms. The molecule has 0 spiro atoms. The molecule has 0 bridgehead atoms. The number of nitrogens with two attached hydrogens (primary N) is 1. The normalized spacial score (nSPS) is 13.2. The van der Waals surface area contributed by atoms with E-state index in [2.05, 4.69) is 26.0 Å². The lowest BCUT2D eigenvalue weighted by molar-refractivity contribution is -0.121. The maximum Gasteiger partial charge on any atom is 0.261 e. The second-order valence-electron chi connectivity index (χ2n) is 7.03. The van der Waals surface area contributed by atoms with Gasteiger partial charge < -0.3 is 5.73 Å². The lowest BCUT2D eigenvalue weighted by atomic mass is 9.92. The number of rotatable bonds is 9. The van der Waals surface area contributed by atoms with Crippen LogP contribution in [0.5, 0.6) is 0 Å². The lowest BCUT2D eigenvalue weighted by Gasteiger charge is -2.14. The molecule has 170 valence electrons. The van der Waals surface area contributed by atoms with Crippen LogP contribution in [-0.2, 0) is 31.5 Å². The van der Waals surface area contributed by atoms with Crippen LogP contribution in [0.4, 0.5) is 0 Å². The third-order valence-electron chi connectivity index (χ3n) is 3.51. The molecule has 0 amide bonds. The third-order valence-corrected chi connectivity index (χ3v) is 3.51. The molecule has 0 aliphatic rings. The second-order valence-corrected chi connectivity index (χ2v) is 9.97. The number of carbonyl (C=O) groups is 1. The Balaban J connectivity index is 0. The van der Waals surface area contributed by atoms with Gasteiger partial charge in [0.2, 0.25) is 0 Å². The van der Waals surface area contributed by atoms with Crippen molar-refractivity contribution in [2.75, 3.05) is 12.5 Å². The van der Waals surface area contributed by atoms with Crippen LogP contribution in [0, 0.1) is 5.92 Å². The zero-order valence-electron chi connectivity index (χ0n) is 17.6. The predicted octanol–water partition coefficient (Wildman–Crippen LogP) is 2.74. The molecule has 0 fully saturated rings. The van der Waals surface area contributed by atoms with Gasteiger partial charge in [0.05, 0.1) is 18.6 Å². The monoisotopic (exact) mass is 453 g/mol. The first-order chi connectivity index (χ1) is 13.1. The number of benzene rings is 1. The molecule has 1 rings (SSSR count). The lowest BCUT2D eigenvalue weighted by Crippen LogP contribution is -2.31. The minimum atomic E-state index is -3.67. The summed E-state index contributed by atoms with van der Waals surface area (Å²) in [6.45, 7) is 4.29. The van der Waals surface area contributed by atoms with Crippen molar-refractivity contribution in [3.63, 3.8) is 0 Å². The number of hydrogen-bond acceptors (Lipinski definition) is 6. The van der Waals surface area contributed by atoms with E-state index in [0.717, 1.165) is 19.3 Å². The molecule has 8 nitrogen and oxygen atoms in total. The van der Waals surface area contributed by atoms with E-state index in [-0.39, 0.29) is 11.8 Å².